The Morgan fingerprint density at radius 3 is 2.61 bits per heavy atom. The van der Waals surface area contributed by atoms with Crippen LogP contribution in [0, 0.1) is 5.92 Å². The van der Waals surface area contributed by atoms with Crippen molar-refractivity contribution in [3.05, 3.63) is 76.3 Å². The lowest BCUT2D eigenvalue weighted by Gasteiger charge is -2.39. The summed E-state index contributed by atoms with van der Waals surface area (Å²) in [6.07, 6.45) is 1.54. The number of benzene rings is 1. The first-order valence-electron chi connectivity index (χ1n) is 10.7. The molecule has 2 atom stereocenters. The van der Waals surface area contributed by atoms with Crippen LogP contribution in [0.2, 0.25) is 0 Å². The molecule has 170 valence electrons. The van der Waals surface area contributed by atoms with Crippen molar-refractivity contribution in [3.63, 3.8) is 0 Å². The SMILES string of the molecule is CC1CCN(C(=O)c2ccc(C(F)(F)F)cc2)CC1n1ccc(=O)c2c[nH+]c3[nH]ccc3c21. The zero-order chi connectivity index (χ0) is 23.3. The Bertz CT molecular complexity index is 1410. The van der Waals surface area contributed by atoms with Crippen molar-refractivity contribution in [1.29, 1.82) is 0 Å². The predicted octanol–water partition coefficient (Wildman–Crippen LogP) is 4.04. The van der Waals surface area contributed by atoms with Gasteiger partial charge in [0.2, 0.25) is 0 Å². The normalized spacial score (nSPS) is 19.3. The molecule has 9 heteroatoms. The molecule has 0 aliphatic carbocycles. The summed E-state index contributed by atoms with van der Waals surface area (Å²) in [4.78, 5) is 33.5. The fraction of sp³-hybridized carbons (Fsp3) is 0.292. The number of nitrogens with one attached hydrogen (secondary N) is 2. The summed E-state index contributed by atoms with van der Waals surface area (Å²) < 4.78 is 40.7. The van der Waals surface area contributed by atoms with Gasteiger partial charge in [0, 0.05) is 30.9 Å². The first-order valence-corrected chi connectivity index (χ1v) is 10.7. The maximum atomic E-state index is 13.1. The first kappa shape index (κ1) is 21.2. The number of hydrogen-bond acceptors (Lipinski definition) is 2. The molecule has 0 saturated carbocycles. The Kier molecular flexibility index (Phi) is 4.99. The molecular formula is C24H22F3N4O2+. The number of fused-ring (bicyclic) bond motifs is 3. The van der Waals surface area contributed by atoms with E-state index in [9.17, 15) is 22.8 Å². The highest BCUT2D eigenvalue weighted by atomic mass is 19.4. The molecule has 4 heterocycles. The predicted molar refractivity (Wildman–Crippen MR) is 117 cm³/mol. The van der Waals surface area contributed by atoms with Crippen LogP contribution in [0.25, 0.3) is 21.9 Å². The van der Waals surface area contributed by atoms with Gasteiger partial charge in [-0.15, -0.1) is 0 Å². The molecular weight excluding hydrogens is 433 g/mol. The average Bonchev–Trinajstić information content (AvgIpc) is 3.28. The molecule has 1 aliphatic heterocycles. The number of amides is 1. The Morgan fingerprint density at radius 1 is 1.12 bits per heavy atom. The number of aromatic nitrogens is 3. The Hall–Kier alpha value is -3.62. The van der Waals surface area contributed by atoms with E-state index in [1.165, 1.54) is 18.2 Å². The average molecular weight is 455 g/mol. The maximum absolute atomic E-state index is 13.1. The largest absolute Gasteiger partial charge is 0.416 e. The van der Waals surface area contributed by atoms with E-state index in [4.69, 9.17) is 0 Å². The molecule has 0 bridgehead atoms. The molecule has 6 nitrogen and oxygen atoms in total. The highest BCUT2D eigenvalue weighted by molar-refractivity contribution is 6.00. The molecule has 5 rings (SSSR count). The summed E-state index contributed by atoms with van der Waals surface area (Å²) in [6, 6.07) is 7.66. The minimum atomic E-state index is -4.44. The molecule has 3 aromatic heterocycles. The highest BCUT2D eigenvalue weighted by Crippen LogP contribution is 2.33. The summed E-state index contributed by atoms with van der Waals surface area (Å²) in [7, 11) is 0. The second-order valence-corrected chi connectivity index (χ2v) is 8.56. The van der Waals surface area contributed by atoms with Crippen LogP contribution < -0.4 is 10.4 Å². The van der Waals surface area contributed by atoms with Gasteiger partial charge in [-0.05, 0) is 42.7 Å². The van der Waals surface area contributed by atoms with Crippen molar-refractivity contribution in [2.45, 2.75) is 25.6 Å². The van der Waals surface area contributed by atoms with Gasteiger partial charge >= 0.3 is 6.18 Å². The van der Waals surface area contributed by atoms with E-state index < -0.39 is 11.7 Å². The number of rotatable bonds is 2. The summed E-state index contributed by atoms with van der Waals surface area (Å²) in [5.41, 5.74) is 0.933. The fourth-order valence-corrected chi connectivity index (χ4v) is 4.68. The minimum absolute atomic E-state index is 0.0956. The van der Waals surface area contributed by atoms with Gasteiger partial charge in [-0.2, -0.15) is 13.2 Å². The van der Waals surface area contributed by atoms with Crippen LogP contribution in [0.3, 0.4) is 0 Å². The van der Waals surface area contributed by atoms with Crippen molar-refractivity contribution in [2.24, 2.45) is 5.92 Å². The molecule has 33 heavy (non-hydrogen) atoms. The number of aromatic amines is 2. The quantitative estimate of drug-likeness (QED) is 0.496. The Morgan fingerprint density at radius 2 is 1.88 bits per heavy atom. The van der Waals surface area contributed by atoms with Crippen LogP contribution in [-0.4, -0.2) is 33.4 Å². The standard InChI is InChI=1S/C24H21F3N4O2/c1-14-7-10-30(23(33)15-2-4-16(5-3-15)24(25,26)27)13-19(14)31-11-8-20(32)18-12-29-22-17(21(18)31)6-9-28-22/h2-6,8-9,11-12,14,19H,7,10,13H2,1H3,(H,28,29)/p+1. The summed E-state index contributed by atoms with van der Waals surface area (Å²) in [5, 5.41) is 1.44. The molecule has 1 fully saturated rings. The van der Waals surface area contributed by atoms with Gasteiger partial charge in [0.15, 0.2) is 5.43 Å². The van der Waals surface area contributed by atoms with Crippen molar-refractivity contribution in [1.82, 2.24) is 14.5 Å². The number of carbonyl (C=O) groups is 1. The number of pyridine rings is 2. The van der Waals surface area contributed by atoms with Gasteiger partial charge in [0.1, 0.15) is 6.20 Å². The number of hydrogen-bond donors (Lipinski definition) is 1. The van der Waals surface area contributed by atoms with E-state index in [-0.39, 0.29) is 28.9 Å². The lowest BCUT2D eigenvalue weighted by atomic mass is 9.92. The van der Waals surface area contributed by atoms with Crippen LogP contribution in [0.1, 0.15) is 35.3 Å². The molecule has 4 aromatic rings. The number of H-pyrrole nitrogens is 2. The fourth-order valence-electron chi connectivity index (χ4n) is 4.68. The Balaban J connectivity index is 1.51. The van der Waals surface area contributed by atoms with E-state index in [2.05, 4.69) is 21.5 Å². The third-order valence-corrected chi connectivity index (χ3v) is 6.55. The van der Waals surface area contributed by atoms with Crippen molar-refractivity contribution in [2.75, 3.05) is 13.1 Å². The summed E-state index contributed by atoms with van der Waals surface area (Å²) >= 11 is 0. The molecule has 2 unspecified atom stereocenters. The minimum Gasteiger partial charge on any atom is -0.341 e. The van der Waals surface area contributed by atoms with Gasteiger partial charge in [-0.1, -0.05) is 6.92 Å². The highest BCUT2D eigenvalue weighted by Gasteiger charge is 2.33. The van der Waals surface area contributed by atoms with Crippen molar-refractivity contribution >= 4 is 27.8 Å². The smallest absolute Gasteiger partial charge is 0.341 e. The number of carbonyl (C=O) groups excluding carboxylic acids is 1. The van der Waals surface area contributed by atoms with Crippen LogP contribution in [-0.2, 0) is 6.18 Å². The van der Waals surface area contributed by atoms with Crippen LogP contribution >= 0.6 is 0 Å². The van der Waals surface area contributed by atoms with Crippen molar-refractivity contribution in [3.8, 4) is 0 Å². The molecule has 1 aromatic carbocycles. The van der Waals surface area contributed by atoms with Crippen LogP contribution in [0.5, 0.6) is 0 Å². The lowest BCUT2D eigenvalue weighted by Crippen LogP contribution is -2.44. The van der Waals surface area contributed by atoms with E-state index in [0.29, 0.717) is 18.5 Å². The number of halogens is 3. The molecule has 1 amide bonds. The van der Waals surface area contributed by atoms with Gasteiger partial charge in [-0.25, -0.2) is 9.97 Å². The van der Waals surface area contributed by atoms with Gasteiger partial charge in [0.25, 0.3) is 11.6 Å². The third kappa shape index (κ3) is 3.67. The molecule has 2 N–H and O–H groups in total. The monoisotopic (exact) mass is 455 g/mol. The van der Waals surface area contributed by atoms with E-state index in [1.54, 1.807) is 23.5 Å². The van der Waals surface area contributed by atoms with Crippen LogP contribution in [0.15, 0.2) is 59.8 Å². The molecule has 1 aliphatic rings. The zero-order valence-electron chi connectivity index (χ0n) is 17.8. The second-order valence-electron chi connectivity index (χ2n) is 8.56. The maximum Gasteiger partial charge on any atom is 0.416 e. The number of likely N-dealkylation sites (tertiary alicyclic amines) is 1. The molecule has 0 spiro atoms. The van der Waals surface area contributed by atoms with E-state index >= 15 is 0 Å². The molecule has 1 saturated heterocycles. The van der Waals surface area contributed by atoms with Gasteiger partial charge in [0.05, 0.1) is 34.1 Å². The topological polar surface area (TPSA) is 72.2 Å². The summed E-state index contributed by atoms with van der Waals surface area (Å²) in [6.45, 7) is 3.02. The molecule has 0 radical (unpaired) electrons. The summed E-state index contributed by atoms with van der Waals surface area (Å²) in [5.74, 6) is -0.0726. The number of piperidine rings is 1. The van der Waals surface area contributed by atoms with E-state index in [0.717, 1.165) is 35.1 Å². The first-order chi connectivity index (χ1) is 15.7. The zero-order valence-corrected chi connectivity index (χ0v) is 17.8. The third-order valence-electron chi connectivity index (χ3n) is 6.55. The number of nitrogens with zero attached hydrogens (tertiary/aromatic N) is 2. The van der Waals surface area contributed by atoms with E-state index in [1.807, 2.05) is 6.07 Å². The number of alkyl halides is 3. The van der Waals surface area contributed by atoms with Gasteiger partial charge < -0.3 is 9.47 Å². The van der Waals surface area contributed by atoms with Crippen molar-refractivity contribution < 1.29 is 22.9 Å². The Labute approximate surface area is 186 Å². The van der Waals surface area contributed by atoms with Crippen LogP contribution in [0.4, 0.5) is 13.2 Å². The second kappa shape index (κ2) is 7.75. The van der Waals surface area contributed by atoms with Gasteiger partial charge in [-0.3, -0.25) is 9.59 Å². The lowest BCUT2D eigenvalue weighted by molar-refractivity contribution is -0.345.